The molecule has 0 bridgehead atoms. The first-order valence-electron chi connectivity index (χ1n) is 4.99. The SMILES string of the molecule is NC(=O)[C@@H]1CCCN1C1CC(N)C1. The van der Waals surface area contributed by atoms with E-state index < -0.39 is 0 Å². The minimum Gasteiger partial charge on any atom is -0.368 e. The summed E-state index contributed by atoms with van der Waals surface area (Å²) in [5.74, 6) is -0.169. The second-order valence-corrected chi connectivity index (χ2v) is 4.18. The minimum absolute atomic E-state index is 0.0162. The number of primary amides is 1. The molecular weight excluding hydrogens is 166 g/mol. The van der Waals surface area contributed by atoms with Crippen LogP contribution in [0.4, 0.5) is 0 Å². The maximum absolute atomic E-state index is 11.1. The molecule has 0 radical (unpaired) electrons. The van der Waals surface area contributed by atoms with Gasteiger partial charge >= 0.3 is 0 Å². The molecule has 4 nitrogen and oxygen atoms in total. The summed E-state index contributed by atoms with van der Waals surface area (Å²) in [7, 11) is 0. The third-order valence-electron chi connectivity index (χ3n) is 3.24. The summed E-state index contributed by atoms with van der Waals surface area (Å²) in [5, 5.41) is 0. The zero-order valence-electron chi connectivity index (χ0n) is 7.78. The molecule has 4 N–H and O–H groups in total. The van der Waals surface area contributed by atoms with E-state index in [2.05, 4.69) is 4.90 Å². The molecule has 1 aliphatic heterocycles. The maximum atomic E-state index is 11.1. The molecule has 13 heavy (non-hydrogen) atoms. The van der Waals surface area contributed by atoms with E-state index >= 15 is 0 Å². The van der Waals surface area contributed by atoms with Gasteiger partial charge in [0.25, 0.3) is 0 Å². The number of carbonyl (C=O) groups is 1. The Morgan fingerprint density at radius 2 is 2.08 bits per heavy atom. The number of rotatable bonds is 2. The van der Waals surface area contributed by atoms with E-state index in [9.17, 15) is 4.79 Å². The number of carbonyl (C=O) groups excluding carboxylic acids is 1. The van der Waals surface area contributed by atoms with E-state index in [0.717, 1.165) is 32.2 Å². The number of nitrogens with zero attached hydrogens (tertiary/aromatic N) is 1. The number of amides is 1. The Balaban J connectivity index is 1.94. The smallest absolute Gasteiger partial charge is 0.234 e. The molecule has 74 valence electrons. The van der Waals surface area contributed by atoms with Crippen LogP contribution in [0.3, 0.4) is 0 Å². The highest BCUT2D eigenvalue weighted by Crippen LogP contribution is 2.30. The van der Waals surface area contributed by atoms with Gasteiger partial charge in [-0.15, -0.1) is 0 Å². The van der Waals surface area contributed by atoms with Crippen molar-refractivity contribution in [1.29, 1.82) is 0 Å². The molecule has 0 aromatic heterocycles. The Labute approximate surface area is 78.2 Å². The normalized spacial score (nSPS) is 40.2. The van der Waals surface area contributed by atoms with Crippen LogP contribution in [0.25, 0.3) is 0 Å². The largest absolute Gasteiger partial charge is 0.368 e. The van der Waals surface area contributed by atoms with Crippen LogP contribution in [0, 0.1) is 0 Å². The molecule has 0 aromatic rings. The lowest BCUT2D eigenvalue weighted by molar-refractivity contribution is -0.123. The fourth-order valence-electron chi connectivity index (χ4n) is 2.43. The molecule has 2 rings (SSSR count). The molecule has 2 fully saturated rings. The zero-order valence-corrected chi connectivity index (χ0v) is 7.78. The van der Waals surface area contributed by atoms with Gasteiger partial charge in [0.2, 0.25) is 5.91 Å². The first kappa shape index (κ1) is 8.97. The summed E-state index contributed by atoms with van der Waals surface area (Å²) < 4.78 is 0. The van der Waals surface area contributed by atoms with Crippen LogP contribution in [-0.2, 0) is 4.79 Å². The Morgan fingerprint density at radius 1 is 1.38 bits per heavy atom. The molecule has 1 aliphatic carbocycles. The van der Waals surface area contributed by atoms with Crippen molar-refractivity contribution in [3.05, 3.63) is 0 Å². The zero-order chi connectivity index (χ0) is 9.42. The molecule has 4 heteroatoms. The first-order chi connectivity index (χ1) is 6.18. The third kappa shape index (κ3) is 1.56. The van der Waals surface area contributed by atoms with E-state index in [0.29, 0.717) is 12.1 Å². The standard InChI is InChI=1S/C9H17N3O/c10-6-4-7(5-6)12-3-1-2-8(12)9(11)13/h6-8H,1-5,10H2,(H2,11,13)/t6?,7?,8-/m0/s1. The summed E-state index contributed by atoms with van der Waals surface area (Å²) in [4.78, 5) is 13.3. The third-order valence-corrected chi connectivity index (χ3v) is 3.24. The van der Waals surface area contributed by atoms with E-state index in [1.54, 1.807) is 0 Å². The van der Waals surface area contributed by atoms with E-state index in [-0.39, 0.29) is 11.9 Å². The number of hydrogen-bond donors (Lipinski definition) is 2. The summed E-state index contributed by atoms with van der Waals surface area (Å²) >= 11 is 0. The molecule has 2 aliphatic rings. The van der Waals surface area contributed by atoms with Crippen LogP contribution >= 0.6 is 0 Å². The Kier molecular flexibility index (Phi) is 2.26. The summed E-state index contributed by atoms with van der Waals surface area (Å²) in [6.07, 6.45) is 4.09. The summed E-state index contributed by atoms with van der Waals surface area (Å²) in [6.45, 7) is 1.02. The molecule has 1 saturated carbocycles. The van der Waals surface area contributed by atoms with Crippen molar-refractivity contribution in [2.45, 2.75) is 43.8 Å². The van der Waals surface area contributed by atoms with Crippen molar-refractivity contribution in [2.24, 2.45) is 11.5 Å². The number of nitrogens with two attached hydrogens (primary N) is 2. The Morgan fingerprint density at radius 3 is 2.62 bits per heavy atom. The van der Waals surface area contributed by atoms with Crippen molar-refractivity contribution in [3.63, 3.8) is 0 Å². The number of likely N-dealkylation sites (tertiary alicyclic amines) is 1. The molecule has 1 heterocycles. The molecule has 0 spiro atoms. The minimum atomic E-state index is -0.169. The van der Waals surface area contributed by atoms with Crippen molar-refractivity contribution >= 4 is 5.91 Å². The predicted molar refractivity (Wildman–Crippen MR) is 49.9 cm³/mol. The second kappa shape index (κ2) is 3.27. The van der Waals surface area contributed by atoms with Crippen LogP contribution in [0.5, 0.6) is 0 Å². The highest BCUT2D eigenvalue weighted by atomic mass is 16.1. The van der Waals surface area contributed by atoms with Gasteiger partial charge in [-0.2, -0.15) is 0 Å². The van der Waals surface area contributed by atoms with Crippen LogP contribution in [-0.4, -0.2) is 35.5 Å². The van der Waals surface area contributed by atoms with Gasteiger partial charge in [0.05, 0.1) is 6.04 Å². The lowest BCUT2D eigenvalue weighted by Gasteiger charge is -2.41. The first-order valence-corrected chi connectivity index (χ1v) is 4.99. The highest BCUT2D eigenvalue weighted by molar-refractivity contribution is 5.80. The van der Waals surface area contributed by atoms with Gasteiger partial charge in [-0.1, -0.05) is 0 Å². The van der Waals surface area contributed by atoms with Gasteiger partial charge in [0.15, 0.2) is 0 Å². The maximum Gasteiger partial charge on any atom is 0.234 e. The quantitative estimate of drug-likeness (QED) is 0.602. The van der Waals surface area contributed by atoms with Gasteiger partial charge in [-0.3, -0.25) is 9.69 Å². The Hall–Kier alpha value is -0.610. The number of hydrogen-bond acceptors (Lipinski definition) is 3. The van der Waals surface area contributed by atoms with Crippen molar-refractivity contribution in [3.8, 4) is 0 Å². The molecule has 1 atom stereocenters. The van der Waals surface area contributed by atoms with Gasteiger partial charge in [-0.25, -0.2) is 0 Å². The molecule has 0 aromatic carbocycles. The van der Waals surface area contributed by atoms with Gasteiger partial charge in [0, 0.05) is 12.1 Å². The molecule has 1 saturated heterocycles. The van der Waals surface area contributed by atoms with Gasteiger partial charge in [-0.05, 0) is 32.2 Å². The topological polar surface area (TPSA) is 72.4 Å². The highest BCUT2D eigenvalue weighted by Gasteiger charge is 2.39. The van der Waals surface area contributed by atoms with E-state index in [1.807, 2.05) is 0 Å². The molecule has 0 unspecified atom stereocenters. The lowest BCUT2D eigenvalue weighted by atomic mass is 9.86. The van der Waals surface area contributed by atoms with Crippen LogP contribution in [0.2, 0.25) is 0 Å². The lowest BCUT2D eigenvalue weighted by Crippen LogP contribution is -2.54. The average molecular weight is 183 g/mol. The fourth-order valence-corrected chi connectivity index (χ4v) is 2.43. The van der Waals surface area contributed by atoms with Crippen LogP contribution < -0.4 is 11.5 Å². The predicted octanol–water partition coefficient (Wildman–Crippen LogP) is -0.574. The molecule has 1 amide bonds. The van der Waals surface area contributed by atoms with Crippen LogP contribution in [0.1, 0.15) is 25.7 Å². The van der Waals surface area contributed by atoms with Gasteiger partial charge < -0.3 is 11.5 Å². The van der Waals surface area contributed by atoms with E-state index in [1.165, 1.54) is 0 Å². The van der Waals surface area contributed by atoms with Crippen molar-refractivity contribution in [2.75, 3.05) is 6.54 Å². The molecular formula is C9H17N3O. The van der Waals surface area contributed by atoms with Crippen molar-refractivity contribution in [1.82, 2.24) is 4.90 Å². The van der Waals surface area contributed by atoms with Crippen molar-refractivity contribution < 1.29 is 4.79 Å². The summed E-state index contributed by atoms with van der Waals surface area (Å²) in [5.41, 5.74) is 11.0. The van der Waals surface area contributed by atoms with E-state index in [4.69, 9.17) is 11.5 Å². The second-order valence-electron chi connectivity index (χ2n) is 4.18. The average Bonchev–Trinajstić information content (AvgIpc) is 2.45. The van der Waals surface area contributed by atoms with Crippen LogP contribution in [0.15, 0.2) is 0 Å². The fraction of sp³-hybridized carbons (Fsp3) is 0.889. The Bertz CT molecular complexity index is 213. The monoisotopic (exact) mass is 183 g/mol. The summed E-state index contributed by atoms with van der Waals surface area (Å²) in [6, 6.07) is 0.853. The van der Waals surface area contributed by atoms with Gasteiger partial charge in [0.1, 0.15) is 0 Å².